The van der Waals surface area contributed by atoms with Gasteiger partial charge >= 0.3 is 0 Å². The molecule has 1 amide bonds. The molecule has 3 rings (SSSR count). The average Bonchev–Trinajstić information content (AvgIpc) is 2.82. The van der Waals surface area contributed by atoms with Crippen LogP contribution in [0.1, 0.15) is 6.92 Å². The first kappa shape index (κ1) is 13.6. The van der Waals surface area contributed by atoms with Gasteiger partial charge in [-0.25, -0.2) is 0 Å². The smallest absolute Gasteiger partial charge is 0.296 e. The van der Waals surface area contributed by atoms with E-state index in [0.717, 1.165) is 13.1 Å². The summed E-state index contributed by atoms with van der Waals surface area (Å²) in [7, 11) is 0. The first-order valence-corrected chi connectivity index (χ1v) is 6.66. The number of hydrogen-bond donors (Lipinski definition) is 2. The van der Waals surface area contributed by atoms with Gasteiger partial charge in [0.15, 0.2) is 11.5 Å². The van der Waals surface area contributed by atoms with Crippen molar-refractivity contribution in [1.29, 1.82) is 0 Å². The second-order valence-corrected chi connectivity index (χ2v) is 5.18. The van der Waals surface area contributed by atoms with E-state index in [4.69, 9.17) is 9.47 Å². The lowest BCUT2D eigenvalue weighted by atomic mass is 9.88. The molecule has 1 fully saturated rings. The Morgan fingerprint density at radius 3 is 2.67 bits per heavy atom. The van der Waals surface area contributed by atoms with Crippen molar-refractivity contribution in [2.24, 2.45) is 11.8 Å². The third-order valence-electron chi connectivity index (χ3n) is 3.88. The topological polar surface area (TPSA) is 103 Å². The van der Waals surface area contributed by atoms with Gasteiger partial charge in [-0.2, -0.15) is 0 Å². The monoisotopic (exact) mass is 293 g/mol. The van der Waals surface area contributed by atoms with Gasteiger partial charge in [0.2, 0.25) is 12.7 Å². The maximum absolute atomic E-state index is 12.2. The van der Waals surface area contributed by atoms with Crippen LogP contribution in [0.4, 0.5) is 11.4 Å². The molecule has 0 saturated carbocycles. The van der Waals surface area contributed by atoms with E-state index in [2.05, 4.69) is 10.6 Å². The van der Waals surface area contributed by atoms with Crippen LogP contribution < -0.4 is 20.1 Å². The van der Waals surface area contributed by atoms with Crippen molar-refractivity contribution >= 4 is 17.3 Å². The minimum absolute atomic E-state index is 0.0219. The van der Waals surface area contributed by atoms with Crippen molar-refractivity contribution < 1.29 is 19.2 Å². The number of hydrogen-bond acceptors (Lipinski definition) is 6. The summed E-state index contributed by atoms with van der Waals surface area (Å²) in [4.78, 5) is 22.8. The second kappa shape index (κ2) is 5.21. The number of nitro groups is 1. The van der Waals surface area contributed by atoms with Gasteiger partial charge in [-0.15, -0.1) is 0 Å². The third-order valence-corrected chi connectivity index (χ3v) is 3.88. The fourth-order valence-corrected chi connectivity index (χ4v) is 2.31. The zero-order chi connectivity index (χ0) is 15.0. The van der Waals surface area contributed by atoms with Gasteiger partial charge in [0, 0.05) is 12.0 Å². The maximum Gasteiger partial charge on any atom is 0.296 e. The number of rotatable bonds is 4. The molecule has 2 aliphatic heterocycles. The highest BCUT2D eigenvalue weighted by Gasteiger charge is 2.31. The van der Waals surface area contributed by atoms with E-state index in [9.17, 15) is 14.9 Å². The fraction of sp³-hybridized carbons (Fsp3) is 0.462. The molecule has 1 unspecified atom stereocenters. The first-order valence-electron chi connectivity index (χ1n) is 6.66. The molecule has 1 saturated heterocycles. The molecule has 21 heavy (non-hydrogen) atoms. The van der Waals surface area contributed by atoms with Gasteiger partial charge in [-0.05, 0) is 19.0 Å². The summed E-state index contributed by atoms with van der Waals surface area (Å²) in [5.41, 5.74) is -0.0695. The number of nitrogens with zero attached hydrogens (tertiary/aromatic N) is 1. The third kappa shape index (κ3) is 2.49. The van der Waals surface area contributed by atoms with Gasteiger partial charge in [-0.3, -0.25) is 14.9 Å². The molecule has 1 aromatic rings. The van der Waals surface area contributed by atoms with E-state index in [-0.39, 0.29) is 35.9 Å². The minimum atomic E-state index is -0.548. The van der Waals surface area contributed by atoms with Crippen LogP contribution in [-0.2, 0) is 4.79 Å². The van der Waals surface area contributed by atoms with Crippen LogP contribution in [0.25, 0.3) is 0 Å². The SMILES string of the molecule is CC(C(=O)Nc1cc2c(cc1[N+](=O)[O-])OCO2)C1CNC1. The van der Waals surface area contributed by atoms with Crippen molar-refractivity contribution in [2.45, 2.75) is 6.92 Å². The molecule has 0 radical (unpaired) electrons. The lowest BCUT2D eigenvalue weighted by molar-refractivity contribution is -0.384. The average molecular weight is 293 g/mol. The zero-order valence-corrected chi connectivity index (χ0v) is 11.4. The standard InChI is InChI=1S/C13H15N3O5/c1-7(8-4-14-5-8)13(17)15-9-2-11-12(21-6-20-11)3-10(9)16(18)19/h2-3,7-8,14H,4-6H2,1H3,(H,15,17). The van der Waals surface area contributed by atoms with Crippen molar-refractivity contribution in [3.63, 3.8) is 0 Å². The van der Waals surface area contributed by atoms with Crippen molar-refractivity contribution in [2.75, 3.05) is 25.2 Å². The van der Waals surface area contributed by atoms with Crippen molar-refractivity contribution in [3.05, 3.63) is 22.2 Å². The summed E-state index contributed by atoms with van der Waals surface area (Å²) in [5.74, 6) is 0.530. The lowest BCUT2D eigenvalue weighted by Crippen LogP contribution is -2.48. The largest absolute Gasteiger partial charge is 0.454 e. The Balaban J connectivity index is 1.83. The molecule has 1 atom stereocenters. The number of anilines is 1. The van der Waals surface area contributed by atoms with Crippen LogP contribution in [-0.4, -0.2) is 30.7 Å². The molecule has 0 aromatic heterocycles. The zero-order valence-electron chi connectivity index (χ0n) is 11.4. The Bertz CT molecular complexity index is 600. The Morgan fingerprint density at radius 2 is 2.10 bits per heavy atom. The first-order chi connectivity index (χ1) is 10.1. The minimum Gasteiger partial charge on any atom is -0.454 e. The number of carbonyl (C=O) groups is 1. The highest BCUT2D eigenvalue weighted by molar-refractivity contribution is 5.95. The molecule has 8 heteroatoms. The number of benzene rings is 1. The van der Waals surface area contributed by atoms with Gasteiger partial charge in [0.25, 0.3) is 5.69 Å². The summed E-state index contributed by atoms with van der Waals surface area (Å²) >= 11 is 0. The van der Waals surface area contributed by atoms with Crippen LogP contribution >= 0.6 is 0 Å². The van der Waals surface area contributed by atoms with Crippen LogP contribution in [0.2, 0.25) is 0 Å². The van der Waals surface area contributed by atoms with Gasteiger partial charge in [0.1, 0.15) is 5.69 Å². The fourth-order valence-electron chi connectivity index (χ4n) is 2.31. The van der Waals surface area contributed by atoms with Crippen LogP contribution in [0.3, 0.4) is 0 Å². The predicted octanol–water partition coefficient (Wildman–Crippen LogP) is 1.12. The molecule has 1 aromatic carbocycles. The Morgan fingerprint density at radius 1 is 1.43 bits per heavy atom. The quantitative estimate of drug-likeness (QED) is 0.637. The molecule has 112 valence electrons. The summed E-state index contributed by atoms with van der Waals surface area (Å²) in [6.45, 7) is 3.42. The second-order valence-electron chi connectivity index (χ2n) is 5.18. The molecule has 0 spiro atoms. The molecule has 0 aliphatic carbocycles. The number of carbonyl (C=O) groups excluding carboxylic acids is 1. The highest BCUT2D eigenvalue weighted by atomic mass is 16.7. The van der Waals surface area contributed by atoms with E-state index in [1.165, 1.54) is 12.1 Å². The molecule has 8 nitrogen and oxygen atoms in total. The van der Waals surface area contributed by atoms with E-state index >= 15 is 0 Å². The van der Waals surface area contributed by atoms with E-state index in [0.29, 0.717) is 11.5 Å². The van der Waals surface area contributed by atoms with Crippen LogP contribution in [0, 0.1) is 22.0 Å². The number of fused-ring (bicyclic) bond motifs is 1. The molecule has 2 heterocycles. The number of amides is 1. The number of nitro benzene ring substituents is 1. The van der Waals surface area contributed by atoms with Crippen molar-refractivity contribution in [1.82, 2.24) is 5.32 Å². The summed E-state index contributed by atoms with van der Waals surface area (Å²) < 4.78 is 10.3. The molecule has 0 bridgehead atoms. The van der Waals surface area contributed by atoms with Gasteiger partial charge < -0.3 is 20.1 Å². The highest BCUT2D eigenvalue weighted by Crippen LogP contribution is 2.40. The Labute approximate surface area is 120 Å². The van der Waals surface area contributed by atoms with E-state index in [1.807, 2.05) is 6.92 Å². The lowest BCUT2D eigenvalue weighted by Gasteiger charge is -2.31. The number of ether oxygens (including phenoxy) is 2. The van der Waals surface area contributed by atoms with Gasteiger partial charge in [-0.1, -0.05) is 6.92 Å². The van der Waals surface area contributed by atoms with Crippen LogP contribution in [0.15, 0.2) is 12.1 Å². The molecule has 2 N–H and O–H groups in total. The maximum atomic E-state index is 12.2. The number of nitrogens with one attached hydrogen (secondary N) is 2. The Hall–Kier alpha value is -2.35. The van der Waals surface area contributed by atoms with Crippen molar-refractivity contribution in [3.8, 4) is 11.5 Å². The summed E-state index contributed by atoms with van der Waals surface area (Å²) in [5, 5.41) is 16.8. The van der Waals surface area contributed by atoms with Crippen LogP contribution in [0.5, 0.6) is 11.5 Å². The summed E-state index contributed by atoms with van der Waals surface area (Å²) in [6.07, 6.45) is 0. The molecular formula is C13H15N3O5. The Kier molecular flexibility index (Phi) is 3.38. The van der Waals surface area contributed by atoms with Gasteiger partial charge in [0.05, 0.1) is 11.0 Å². The normalized spacial score (nSPS) is 18.0. The summed E-state index contributed by atoms with van der Waals surface area (Å²) in [6, 6.07) is 2.71. The van der Waals surface area contributed by atoms with E-state index in [1.54, 1.807) is 0 Å². The predicted molar refractivity (Wildman–Crippen MR) is 73.4 cm³/mol. The molecular weight excluding hydrogens is 278 g/mol. The molecule has 2 aliphatic rings. The van der Waals surface area contributed by atoms with E-state index < -0.39 is 4.92 Å².